The molecule has 0 aliphatic rings. The van der Waals surface area contributed by atoms with E-state index in [1.165, 1.54) is 11.1 Å². The van der Waals surface area contributed by atoms with Crippen LogP contribution in [0, 0.1) is 0 Å². The van der Waals surface area contributed by atoms with Gasteiger partial charge in [0.15, 0.2) is 0 Å². The number of benzene rings is 2. The lowest BCUT2D eigenvalue weighted by Gasteiger charge is -2.26. The van der Waals surface area contributed by atoms with Crippen LogP contribution in [0.15, 0.2) is 53.0 Å². The minimum atomic E-state index is 0.265. The molecule has 2 rings (SSSR count). The number of anilines is 1. The van der Waals surface area contributed by atoms with Gasteiger partial charge in [-0.2, -0.15) is 0 Å². The Kier molecular flexibility index (Phi) is 4.61. The standard InChI is InChI=1S/C16H19BrN2/c1-18-15-6-4-5-13(11-15)16(19(2)3)12-7-9-14(17)10-8-12/h4-11,16,18H,1-3H3. The molecule has 0 saturated carbocycles. The highest BCUT2D eigenvalue weighted by Gasteiger charge is 2.16. The molecule has 0 spiro atoms. The van der Waals surface area contributed by atoms with Crippen LogP contribution in [-0.2, 0) is 0 Å². The first-order chi connectivity index (χ1) is 9.11. The average Bonchev–Trinajstić information content (AvgIpc) is 2.41. The highest BCUT2D eigenvalue weighted by atomic mass is 79.9. The van der Waals surface area contributed by atoms with Gasteiger partial charge < -0.3 is 5.32 Å². The molecule has 0 amide bonds. The molecule has 0 aliphatic carbocycles. The predicted octanol–water partition coefficient (Wildman–Crippen LogP) is 4.14. The van der Waals surface area contributed by atoms with Crippen molar-refractivity contribution in [3.8, 4) is 0 Å². The smallest absolute Gasteiger partial charge is 0.0597 e. The van der Waals surface area contributed by atoms with E-state index in [9.17, 15) is 0 Å². The summed E-state index contributed by atoms with van der Waals surface area (Å²) in [6.07, 6.45) is 0. The van der Waals surface area contributed by atoms with Crippen LogP contribution in [-0.4, -0.2) is 26.0 Å². The van der Waals surface area contributed by atoms with Crippen molar-refractivity contribution in [1.82, 2.24) is 4.90 Å². The maximum absolute atomic E-state index is 3.49. The van der Waals surface area contributed by atoms with E-state index in [2.05, 4.69) is 88.8 Å². The minimum Gasteiger partial charge on any atom is -0.388 e. The largest absolute Gasteiger partial charge is 0.388 e. The van der Waals surface area contributed by atoms with Crippen molar-refractivity contribution in [2.24, 2.45) is 0 Å². The van der Waals surface area contributed by atoms with Crippen molar-refractivity contribution in [2.75, 3.05) is 26.5 Å². The van der Waals surface area contributed by atoms with E-state index < -0.39 is 0 Å². The number of nitrogens with zero attached hydrogens (tertiary/aromatic N) is 1. The van der Waals surface area contributed by atoms with E-state index in [1.807, 2.05) is 7.05 Å². The lowest BCUT2D eigenvalue weighted by molar-refractivity contribution is 0.342. The van der Waals surface area contributed by atoms with Crippen molar-refractivity contribution in [1.29, 1.82) is 0 Å². The van der Waals surface area contributed by atoms with Gasteiger partial charge in [0.05, 0.1) is 6.04 Å². The molecule has 0 fully saturated rings. The summed E-state index contributed by atoms with van der Waals surface area (Å²) in [5.74, 6) is 0. The number of hydrogen-bond donors (Lipinski definition) is 1. The fourth-order valence-electron chi connectivity index (χ4n) is 2.30. The van der Waals surface area contributed by atoms with Gasteiger partial charge in [-0.25, -0.2) is 0 Å². The average molecular weight is 319 g/mol. The van der Waals surface area contributed by atoms with Crippen LogP contribution in [0.3, 0.4) is 0 Å². The summed E-state index contributed by atoms with van der Waals surface area (Å²) in [7, 11) is 6.17. The van der Waals surface area contributed by atoms with E-state index in [0.29, 0.717) is 0 Å². The van der Waals surface area contributed by atoms with Crippen molar-refractivity contribution >= 4 is 21.6 Å². The van der Waals surface area contributed by atoms with Crippen molar-refractivity contribution < 1.29 is 0 Å². The minimum absolute atomic E-state index is 0.265. The van der Waals surface area contributed by atoms with E-state index in [0.717, 1.165) is 10.2 Å². The third-order valence-electron chi connectivity index (χ3n) is 3.19. The number of hydrogen-bond acceptors (Lipinski definition) is 2. The number of nitrogens with one attached hydrogen (secondary N) is 1. The Morgan fingerprint density at radius 1 is 1.00 bits per heavy atom. The lowest BCUT2D eigenvalue weighted by atomic mass is 9.97. The van der Waals surface area contributed by atoms with E-state index in [4.69, 9.17) is 0 Å². The third kappa shape index (κ3) is 3.37. The first-order valence-corrected chi connectivity index (χ1v) is 7.10. The zero-order valence-electron chi connectivity index (χ0n) is 11.5. The molecule has 0 saturated heterocycles. The fourth-order valence-corrected chi connectivity index (χ4v) is 2.56. The molecule has 19 heavy (non-hydrogen) atoms. The molecular weight excluding hydrogens is 300 g/mol. The topological polar surface area (TPSA) is 15.3 Å². The normalized spacial score (nSPS) is 12.5. The molecule has 1 atom stereocenters. The first-order valence-electron chi connectivity index (χ1n) is 6.31. The zero-order chi connectivity index (χ0) is 13.8. The molecule has 1 N–H and O–H groups in total. The third-order valence-corrected chi connectivity index (χ3v) is 3.72. The molecule has 0 heterocycles. The second-order valence-electron chi connectivity index (χ2n) is 4.79. The molecule has 2 aromatic carbocycles. The molecule has 0 bridgehead atoms. The number of halogens is 1. The summed E-state index contributed by atoms with van der Waals surface area (Å²) in [4.78, 5) is 2.23. The van der Waals surface area contributed by atoms with Crippen molar-refractivity contribution in [2.45, 2.75) is 6.04 Å². The van der Waals surface area contributed by atoms with Gasteiger partial charge in [-0.3, -0.25) is 4.90 Å². The highest BCUT2D eigenvalue weighted by Crippen LogP contribution is 2.29. The van der Waals surface area contributed by atoms with E-state index in [-0.39, 0.29) is 6.04 Å². The van der Waals surface area contributed by atoms with Gasteiger partial charge in [0.2, 0.25) is 0 Å². The molecule has 0 aliphatic heterocycles. The molecule has 2 nitrogen and oxygen atoms in total. The summed E-state index contributed by atoms with van der Waals surface area (Å²) in [5, 5.41) is 3.20. The van der Waals surface area contributed by atoms with Crippen LogP contribution in [0.4, 0.5) is 5.69 Å². The molecule has 1 unspecified atom stereocenters. The summed E-state index contributed by atoms with van der Waals surface area (Å²) >= 11 is 3.49. The molecular formula is C16H19BrN2. The Morgan fingerprint density at radius 2 is 1.68 bits per heavy atom. The Morgan fingerprint density at radius 3 is 2.26 bits per heavy atom. The molecule has 0 radical (unpaired) electrons. The first kappa shape index (κ1) is 14.1. The Balaban J connectivity index is 2.42. The van der Waals surface area contributed by atoms with Crippen LogP contribution >= 0.6 is 15.9 Å². The van der Waals surface area contributed by atoms with Crippen LogP contribution in [0.25, 0.3) is 0 Å². The van der Waals surface area contributed by atoms with Crippen LogP contribution in [0.2, 0.25) is 0 Å². The number of rotatable bonds is 4. The Labute approximate surface area is 123 Å². The quantitative estimate of drug-likeness (QED) is 0.911. The van der Waals surface area contributed by atoms with Crippen LogP contribution < -0.4 is 5.32 Å². The van der Waals surface area contributed by atoms with Crippen molar-refractivity contribution in [3.63, 3.8) is 0 Å². The maximum Gasteiger partial charge on any atom is 0.0597 e. The van der Waals surface area contributed by atoms with Crippen LogP contribution in [0.5, 0.6) is 0 Å². The van der Waals surface area contributed by atoms with Gasteiger partial charge in [0.1, 0.15) is 0 Å². The van der Waals surface area contributed by atoms with Crippen molar-refractivity contribution in [3.05, 3.63) is 64.1 Å². The molecule has 0 aromatic heterocycles. The lowest BCUT2D eigenvalue weighted by Crippen LogP contribution is -2.21. The second kappa shape index (κ2) is 6.22. The summed E-state index contributed by atoms with van der Waals surface area (Å²) < 4.78 is 1.11. The maximum atomic E-state index is 3.49. The predicted molar refractivity (Wildman–Crippen MR) is 85.7 cm³/mol. The summed E-state index contributed by atoms with van der Waals surface area (Å²) in [6.45, 7) is 0. The highest BCUT2D eigenvalue weighted by molar-refractivity contribution is 9.10. The Bertz CT molecular complexity index is 535. The van der Waals surface area contributed by atoms with Gasteiger partial charge in [-0.05, 0) is 49.5 Å². The van der Waals surface area contributed by atoms with Crippen LogP contribution in [0.1, 0.15) is 17.2 Å². The Hall–Kier alpha value is -1.32. The van der Waals surface area contributed by atoms with Gasteiger partial charge >= 0.3 is 0 Å². The monoisotopic (exact) mass is 318 g/mol. The van der Waals surface area contributed by atoms with Gasteiger partial charge in [-0.15, -0.1) is 0 Å². The van der Waals surface area contributed by atoms with E-state index in [1.54, 1.807) is 0 Å². The van der Waals surface area contributed by atoms with Gasteiger partial charge in [0, 0.05) is 17.2 Å². The summed E-state index contributed by atoms with van der Waals surface area (Å²) in [6, 6.07) is 17.3. The molecule has 3 heteroatoms. The SMILES string of the molecule is CNc1cccc(C(c2ccc(Br)cc2)N(C)C)c1. The summed E-state index contributed by atoms with van der Waals surface area (Å²) in [5.41, 5.74) is 3.72. The zero-order valence-corrected chi connectivity index (χ0v) is 13.1. The van der Waals surface area contributed by atoms with Gasteiger partial charge in [0.25, 0.3) is 0 Å². The van der Waals surface area contributed by atoms with Gasteiger partial charge in [-0.1, -0.05) is 40.2 Å². The fraction of sp³-hybridized carbons (Fsp3) is 0.250. The second-order valence-corrected chi connectivity index (χ2v) is 5.71. The van der Waals surface area contributed by atoms with E-state index >= 15 is 0 Å². The molecule has 100 valence electrons. The molecule has 2 aromatic rings.